The van der Waals surface area contributed by atoms with Crippen LogP contribution >= 0.6 is 23.2 Å². The molecule has 0 saturated heterocycles. The van der Waals surface area contributed by atoms with Gasteiger partial charge in [0.1, 0.15) is 0 Å². The van der Waals surface area contributed by atoms with Crippen molar-refractivity contribution in [3.63, 3.8) is 0 Å². The summed E-state index contributed by atoms with van der Waals surface area (Å²) < 4.78 is 0. The minimum Gasteiger partial charge on any atom is -0.391 e. The van der Waals surface area contributed by atoms with Crippen molar-refractivity contribution < 1.29 is 5.11 Å². The minimum atomic E-state index is -0.406. The largest absolute Gasteiger partial charge is 0.391 e. The van der Waals surface area contributed by atoms with Gasteiger partial charge in [0.05, 0.1) is 6.10 Å². The lowest BCUT2D eigenvalue weighted by atomic mass is 9.75. The van der Waals surface area contributed by atoms with Gasteiger partial charge in [0.15, 0.2) is 0 Å². The van der Waals surface area contributed by atoms with Crippen molar-refractivity contribution in [2.75, 3.05) is 14.1 Å². The quantitative estimate of drug-likeness (QED) is 0.901. The van der Waals surface area contributed by atoms with E-state index < -0.39 is 6.10 Å². The fraction of sp³-hybridized carbons (Fsp3) is 0.625. The number of aliphatic hydroxyl groups is 1. The van der Waals surface area contributed by atoms with E-state index in [-0.39, 0.29) is 5.54 Å². The van der Waals surface area contributed by atoms with Crippen LogP contribution in [0.3, 0.4) is 0 Å². The Morgan fingerprint density at radius 3 is 2.40 bits per heavy atom. The summed E-state index contributed by atoms with van der Waals surface area (Å²) in [5.41, 5.74) is 0.844. The van der Waals surface area contributed by atoms with Crippen LogP contribution in [0.5, 0.6) is 0 Å². The van der Waals surface area contributed by atoms with E-state index in [1.54, 1.807) is 6.07 Å². The van der Waals surface area contributed by atoms with Gasteiger partial charge in [0, 0.05) is 22.0 Å². The molecule has 1 unspecified atom stereocenters. The number of rotatable bonds is 4. The molecule has 0 aliphatic heterocycles. The van der Waals surface area contributed by atoms with Gasteiger partial charge in [-0.2, -0.15) is 0 Å². The molecule has 0 radical (unpaired) electrons. The zero-order chi connectivity index (χ0) is 14.8. The molecule has 0 heterocycles. The minimum absolute atomic E-state index is 0.124. The molecule has 1 atom stereocenters. The third-order valence-corrected chi connectivity index (χ3v) is 5.25. The first-order valence-electron chi connectivity index (χ1n) is 7.25. The average molecular weight is 316 g/mol. The van der Waals surface area contributed by atoms with Crippen LogP contribution in [0.25, 0.3) is 0 Å². The number of halogens is 2. The van der Waals surface area contributed by atoms with Crippen molar-refractivity contribution in [1.29, 1.82) is 0 Å². The first kappa shape index (κ1) is 16.1. The Labute approximate surface area is 131 Å². The molecular formula is C16H23Cl2NO. The second-order valence-corrected chi connectivity index (χ2v) is 6.86. The van der Waals surface area contributed by atoms with Gasteiger partial charge in [-0.15, -0.1) is 0 Å². The molecule has 0 aromatic heterocycles. The first-order valence-corrected chi connectivity index (χ1v) is 8.01. The number of aliphatic hydroxyl groups excluding tert-OH is 1. The van der Waals surface area contributed by atoms with Crippen LogP contribution in [0.2, 0.25) is 10.0 Å². The molecule has 1 aromatic carbocycles. The fourth-order valence-corrected chi connectivity index (χ4v) is 3.81. The Morgan fingerprint density at radius 2 is 1.85 bits per heavy atom. The summed E-state index contributed by atoms with van der Waals surface area (Å²) in [4.78, 5) is 2.20. The van der Waals surface area contributed by atoms with Crippen molar-refractivity contribution >= 4 is 23.2 Å². The van der Waals surface area contributed by atoms with Crippen molar-refractivity contribution in [2.24, 2.45) is 0 Å². The van der Waals surface area contributed by atoms with Gasteiger partial charge in [-0.05, 0) is 44.6 Å². The van der Waals surface area contributed by atoms with Gasteiger partial charge in [0.25, 0.3) is 0 Å². The van der Waals surface area contributed by atoms with E-state index >= 15 is 0 Å². The SMILES string of the molecule is CN(C)C1(C(O)Cc2ccc(Cl)cc2Cl)CCCCC1. The zero-order valence-corrected chi connectivity index (χ0v) is 13.7. The smallest absolute Gasteiger partial charge is 0.0764 e. The predicted octanol–water partition coefficient (Wildman–Crippen LogP) is 4.16. The molecular weight excluding hydrogens is 293 g/mol. The molecule has 2 rings (SSSR count). The molecule has 1 N–H and O–H groups in total. The Morgan fingerprint density at radius 1 is 1.20 bits per heavy atom. The van der Waals surface area contributed by atoms with Crippen molar-refractivity contribution in [3.8, 4) is 0 Å². The van der Waals surface area contributed by atoms with Gasteiger partial charge in [-0.3, -0.25) is 0 Å². The van der Waals surface area contributed by atoms with E-state index in [1.807, 2.05) is 12.1 Å². The Hall–Kier alpha value is -0.280. The van der Waals surface area contributed by atoms with Gasteiger partial charge in [0.2, 0.25) is 0 Å². The second kappa shape index (κ2) is 6.65. The topological polar surface area (TPSA) is 23.5 Å². The normalized spacial score (nSPS) is 20.1. The molecule has 1 fully saturated rings. The lowest BCUT2D eigenvalue weighted by Gasteiger charge is -2.46. The maximum absolute atomic E-state index is 10.8. The Bertz CT molecular complexity index is 456. The summed E-state index contributed by atoms with van der Waals surface area (Å²) in [6.45, 7) is 0. The molecule has 0 spiro atoms. The highest BCUT2D eigenvalue weighted by atomic mass is 35.5. The molecule has 1 aliphatic rings. The van der Waals surface area contributed by atoms with Crippen LogP contribution in [0.15, 0.2) is 18.2 Å². The molecule has 2 nitrogen and oxygen atoms in total. The highest BCUT2D eigenvalue weighted by Gasteiger charge is 2.40. The van der Waals surface area contributed by atoms with E-state index in [2.05, 4.69) is 19.0 Å². The summed E-state index contributed by atoms with van der Waals surface area (Å²) in [5.74, 6) is 0. The first-order chi connectivity index (χ1) is 9.45. The van der Waals surface area contributed by atoms with E-state index in [1.165, 1.54) is 19.3 Å². The summed E-state index contributed by atoms with van der Waals surface area (Å²) in [6, 6.07) is 5.49. The van der Waals surface area contributed by atoms with Crippen LogP contribution in [-0.2, 0) is 6.42 Å². The fourth-order valence-electron chi connectivity index (χ4n) is 3.33. The summed E-state index contributed by atoms with van der Waals surface area (Å²) in [5, 5.41) is 12.1. The summed E-state index contributed by atoms with van der Waals surface area (Å²) >= 11 is 12.2. The average Bonchev–Trinajstić information content (AvgIpc) is 2.42. The summed E-state index contributed by atoms with van der Waals surface area (Å²) in [7, 11) is 4.13. The van der Waals surface area contributed by atoms with Crippen LogP contribution in [0.1, 0.15) is 37.7 Å². The monoisotopic (exact) mass is 315 g/mol. The molecule has 0 bridgehead atoms. The van der Waals surface area contributed by atoms with Gasteiger partial charge in [-0.25, -0.2) is 0 Å². The number of nitrogens with zero attached hydrogens (tertiary/aromatic N) is 1. The number of hydrogen-bond donors (Lipinski definition) is 1. The van der Waals surface area contributed by atoms with E-state index in [4.69, 9.17) is 23.2 Å². The highest BCUT2D eigenvalue weighted by Crippen LogP contribution is 2.37. The number of benzene rings is 1. The van der Waals surface area contributed by atoms with Crippen LogP contribution in [-0.4, -0.2) is 35.7 Å². The van der Waals surface area contributed by atoms with Crippen molar-refractivity contribution in [3.05, 3.63) is 33.8 Å². The van der Waals surface area contributed by atoms with Crippen LogP contribution in [0.4, 0.5) is 0 Å². The van der Waals surface area contributed by atoms with Gasteiger partial charge < -0.3 is 10.0 Å². The van der Waals surface area contributed by atoms with Gasteiger partial charge in [-0.1, -0.05) is 48.5 Å². The third kappa shape index (κ3) is 3.30. The predicted molar refractivity (Wildman–Crippen MR) is 85.7 cm³/mol. The lowest BCUT2D eigenvalue weighted by Crippen LogP contribution is -2.55. The maximum Gasteiger partial charge on any atom is 0.0764 e. The van der Waals surface area contributed by atoms with E-state index in [0.717, 1.165) is 18.4 Å². The lowest BCUT2D eigenvalue weighted by molar-refractivity contribution is -0.0310. The Balaban J connectivity index is 2.18. The number of hydrogen-bond acceptors (Lipinski definition) is 2. The molecule has 1 saturated carbocycles. The van der Waals surface area contributed by atoms with Crippen molar-refractivity contribution in [1.82, 2.24) is 4.90 Å². The molecule has 20 heavy (non-hydrogen) atoms. The van der Waals surface area contributed by atoms with Crippen LogP contribution in [0, 0.1) is 0 Å². The van der Waals surface area contributed by atoms with Crippen LogP contribution < -0.4 is 0 Å². The second-order valence-electron chi connectivity index (χ2n) is 6.01. The molecule has 1 aliphatic carbocycles. The van der Waals surface area contributed by atoms with E-state index in [9.17, 15) is 5.11 Å². The maximum atomic E-state index is 10.8. The molecule has 0 amide bonds. The zero-order valence-electron chi connectivity index (χ0n) is 12.2. The summed E-state index contributed by atoms with van der Waals surface area (Å²) in [6.07, 6.45) is 5.90. The third-order valence-electron chi connectivity index (χ3n) is 4.66. The molecule has 112 valence electrons. The van der Waals surface area contributed by atoms with E-state index in [0.29, 0.717) is 16.5 Å². The number of likely N-dealkylation sites (N-methyl/N-ethyl adjacent to an activating group) is 1. The highest BCUT2D eigenvalue weighted by molar-refractivity contribution is 6.35. The van der Waals surface area contributed by atoms with Gasteiger partial charge >= 0.3 is 0 Å². The standard InChI is InChI=1S/C16H23Cl2NO/c1-19(2)16(8-4-3-5-9-16)15(20)10-12-6-7-13(17)11-14(12)18/h6-7,11,15,20H,3-5,8-10H2,1-2H3. The molecule has 4 heteroatoms. The van der Waals surface area contributed by atoms with Crippen molar-refractivity contribution in [2.45, 2.75) is 50.2 Å². The Kier molecular flexibility index (Phi) is 5.36. The molecule has 1 aromatic rings.